The van der Waals surface area contributed by atoms with E-state index in [0.29, 0.717) is 22.1 Å². The van der Waals surface area contributed by atoms with Crippen molar-refractivity contribution in [2.24, 2.45) is 0 Å². The zero-order chi connectivity index (χ0) is 19.1. The topological polar surface area (TPSA) is 72.3 Å². The molecule has 6 nitrogen and oxygen atoms in total. The lowest BCUT2D eigenvalue weighted by molar-refractivity contribution is 0.0943. The monoisotopic (exact) mass is 409 g/mol. The van der Waals surface area contributed by atoms with E-state index < -0.39 is 15.9 Å². The molecule has 136 valence electrons. The lowest BCUT2D eigenvalue weighted by Crippen LogP contribution is -2.28. The van der Waals surface area contributed by atoms with Gasteiger partial charge < -0.3 is 0 Å². The summed E-state index contributed by atoms with van der Waals surface area (Å²) in [4.78, 5) is 12.9. The third kappa shape index (κ3) is 3.27. The summed E-state index contributed by atoms with van der Waals surface area (Å²) in [5, 5.41) is 6.16. The summed E-state index contributed by atoms with van der Waals surface area (Å²) in [6, 6.07) is 9.71. The van der Waals surface area contributed by atoms with E-state index in [-0.39, 0.29) is 9.77 Å². The highest BCUT2D eigenvalue weighted by molar-refractivity contribution is 7.93. The number of carbonyl (C=O) groups excluding carboxylic acids is 1. The summed E-state index contributed by atoms with van der Waals surface area (Å²) in [5.74, 6) is -0.469. The molecule has 0 fully saturated rings. The minimum absolute atomic E-state index is 0.0532. The van der Waals surface area contributed by atoms with Crippen LogP contribution in [0.3, 0.4) is 0 Å². The van der Waals surface area contributed by atoms with Crippen molar-refractivity contribution in [2.45, 2.75) is 18.7 Å². The molecular formula is C17H16ClN3O3S2. The van der Waals surface area contributed by atoms with Gasteiger partial charge in [0.1, 0.15) is 9.77 Å². The van der Waals surface area contributed by atoms with Crippen LogP contribution in [0.4, 0.5) is 5.69 Å². The first kappa shape index (κ1) is 18.6. The lowest BCUT2D eigenvalue weighted by Gasteiger charge is -2.19. The van der Waals surface area contributed by atoms with E-state index in [1.807, 2.05) is 0 Å². The van der Waals surface area contributed by atoms with Gasteiger partial charge in [0, 0.05) is 17.8 Å². The zero-order valence-electron chi connectivity index (χ0n) is 14.3. The average molecular weight is 410 g/mol. The molecule has 0 amide bonds. The Balaban J connectivity index is 2.04. The van der Waals surface area contributed by atoms with Crippen LogP contribution in [-0.4, -0.2) is 31.2 Å². The number of rotatable bonds is 4. The molecule has 0 N–H and O–H groups in total. The number of sulfonamides is 1. The Morgan fingerprint density at radius 3 is 2.58 bits per heavy atom. The molecule has 9 heteroatoms. The number of hydrogen-bond donors (Lipinski definition) is 0. The van der Waals surface area contributed by atoms with Crippen molar-refractivity contribution in [3.63, 3.8) is 0 Å². The largest absolute Gasteiger partial charge is 0.289 e. The number of hydrogen-bond acceptors (Lipinski definition) is 5. The quantitative estimate of drug-likeness (QED) is 0.658. The van der Waals surface area contributed by atoms with Crippen LogP contribution in [0.5, 0.6) is 0 Å². The number of benzene rings is 1. The smallest absolute Gasteiger partial charge is 0.269 e. The molecule has 0 bridgehead atoms. The highest BCUT2D eigenvalue weighted by Crippen LogP contribution is 2.29. The fourth-order valence-corrected chi connectivity index (χ4v) is 5.24. The number of carbonyl (C=O) groups is 1. The highest BCUT2D eigenvalue weighted by Gasteiger charge is 2.29. The van der Waals surface area contributed by atoms with Crippen molar-refractivity contribution < 1.29 is 13.2 Å². The second-order valence-corrected chi connectivity index (χ2v) is 9.00. The summed E-state index contributed by atoms with van der Waals surface area (Å²) in [6.45, 7) is 3.52. The van der Waals surface area contributed by atoms with E-state index in [2.05, 4.69) is 5.10 Å². The van der Waals surface area contributed by atoms with Crippen molar-refractivity contribution >= 4 is 44.6 Å². The standard InChI is InChI=1S/C17H16ClN3O3S2/c1-11-9-12(2)21(19-11)17(22)16-15(7-8-25-16)26(23,24)20(3)14-6-4-5-13(18)10-14/h4-10H,1-3H3. The van der Waals surface area contributed by atoms with Crippen LogP contribution in [-0.2, 0) is 10.0 Å². The van der Waals surface area contributed by atoms with E-state index in [4.69, 9.17) is 11.6 Å². The Hall–Kier alpha value is -2.16. The first-order valence-electron chi connectivity index (χ1n) is 7.62. The van der Waals surface area contributed by atoms with Crippen molar-refractivity contribution in [1.82, 2.24) is 9.78 Å². The third-order valence-corrected chi connectivity index (χ3v) is 6.93. The third-order valence-electron chi connectivity index (χ3n) is 3.84. The van der Waals surface area contributed by atoms with Crippen molar-refractivity contribution in [3.05, 3.63) is 63.1 Å². The Morgan fingerprint density at radius 1 is 1.23 bits per heavy atom. The van der Waals surface area contributed by atoms with Crippen LogP contribution >= 0.6 is 22.9 Å². The molecule has 2 heterocycles. The van der Waals surface area contributed by atoms with Gasteiger partial charge in [-0.15, -0.1) is 11.3 Å². The number of aromatic nitrogens is 2. The Kier molecular flexibility index (Phi) is 4.92. The molecule has 26 heavy (non-hydrogen) atoms. The van der Waals surface area contributed by atoms with E-state index >= 15 is 0 Å². The van der Waals surface area contributed by atoms with Gasteiger partial charge >= 0.3 is 0 Å². The van der Waals surface area contributed by atoms with E-state index in [0.717, 1.165) is 15.6 Å². The molecule has 0 unspecified atom stereocenters. The van der Waals surface area contributed by atoms with Gasteiger partial charge in [0.05, 0.1) is 11.4 Å². The predicted molar refractivity (Wildman–Crippen MR) is 103 cm³/mol. The van der Waals surface area contributed by atoms with Crippen LogP contribution in [0.2, 0.25) is 5.02 Å². The second-order valence-electron chi connectivity index (χ2n) is 5.71. The first-order chi connectivity index (χ1) is 12.2. The Labute approximate surface area is 160 Å². The van der Waals surface area contributed by atoms with E-state index in [1.165, 1.54) is 17.8 Å². The molecule has 0 saturated heterocycles. The van der Waals surface area contributed by atoms with Gasteiger partial charge in [-0.3, -0.25) is 9.10 Å². The molecule has 0 aliphatic carbocycles. The van der Waals surface area contributed by atoms with Crippen LogP contribution in [0.15, 0.2) is 46.7 Å². The fourth-order valence-electron chi connectivity index (χ4n) is 2.55. The summed E-state index contributed by atoms with van der Waals surface area (Å²) in [7, 11) is -2.51. The maximum Gasteiger partial charge on any atom is 0.289 e. The number of anilines is 1. The molecular weight excluding hydrogens is 394 g/mol. The number of halogens is 1. The van der Waals surface area contributed by atoms with Crippen LogP contribution in [0, 0.1) is 13.8 Å². The molecule has 3 aromatic rings. The maximum atomic E-state index is 13.1. The summed E-state index contributed by atoms with van der Waals surface area (Å²) >= 11 is 7.03. The van der Waals surface area contributed by atoms with E-state index in [1.54, 1.807) is 49.6 Å². The number of thiophene rings is 1. The molecule has 0 saturated carbocycles. The zero-order valence-corrected chi connectivity index (χ0v) is 16.7. The summed E-state index contributed by atoms with van der Waals surface area (Å²) in [6.07, 6.45) is 0. The molecule has 0 atom stereocenters. The van der Waals surface area contributed by atoms with Gasteiger partial charge in [0.25, 0.3) is 15.9 Å². The molecule has 1 aromatic carbocycles. The Morgan fingerprint density at radius 2 is 1.96 bits per heavy atom. The van der Waals surface area contributed by atoms with Crippen molar-refractivity contribution in [1.29, 1.82) is 0 Å². The Bertz CT molecular complexity index is 1090. The fraction of sp³-hybridized carbons (Fsp3) is 0.176. The molecule has 0 radical (unpaired) electrons. The second kappa shape index (κ2) is 6.86. The van der Waals surface area contributed by atoms with Gasteiger partial charge in [-0.05, 0) is 49.6 Å². The van der Waals surface area contributed by atoms with Crippen LogP contribution in [0.25, 0.3) is 0 Å². The van der Waals surface area contributed by atoms with Crippen LogP contribution < -0.4 is 4.31 Å². The SMILES string of the molecule is Cc1cc(C)n(C(=O)c2sccc2S(=O)(=O)N(C)c2cccc(Cl)c2)n1. The molecule has 2 aromatic heterocycles. The highest BCUT2D eigenvalue weighted by atomic mass is 35.5. The lowest BCUT2D eigenvalue weighted by atomic mass is 10.3. The minimum Gasteiger partial charge on any atom is -0.269 e. The molecule has 0 aliphatic rings. The molecule has 3 rings (SSSR count). The van der Waals surface area contributed by atoms with E-state index in [9.17, 15) is 13.2 Å². The summed E-state index contributed by atoms with van der Waals surface area (Å²) in [5.41, 5.74) is 1.74. The minimum atomic E-state index is -3.93. The maximum absolute atomic E-state index is 13.1. The average Bonchev–Trinajstić information content (AvgIpc) is 3.20. The van der Waals surface area contributed by atoms with Gasteiger partial charge in [0.15, 0.2) is 0 Å². The molecule has 0 aliphatic heterocycles. The van der Waals surface area contributed by atoms with Gasteiger partial charge in [-0.1, -0.05) is 17.7 Å². The van der Waals surface area contributed by atoms with Crippen LogP contribution in [0.1, 0.15) is 21.1 Å². The van der Waals surface area contributed by atoms with Gasteiger partial charge in [-0.2, -0.15) is 5.10 Å². The first-order valence-corrected chi connectivity index (χ1v) is 10.3. The van der Waals surface area contributed by atoms with Crippen molar-refractivity contribution in [2.75, 3.05) is 11.4 Å². The number of aryl methyl sites for hydroxylation is 2. The normalized spacial score (nSPS) is 11.5. The molecule has 0 spiro atoms. The predicted octanol–water partition coefficient (Wildman–Crippen LogP) is 3.73. The summed E-state index contributed by atoms with van der Waals surface area (Å²) < 4.78 is 28.5. The van der Waals surface area contributed by atoms with Crippen molar-refractivity contribution in [3.8, 4) is 0 Å². The number of nitrogens with zero attached hydrogens (tertiary/aromatic N) is 3. The van der Waals surface area contributed by atoms with Gasteiger partial charge in [0.2, 0.25) is 0 Å². The van der Waals surface area contributed by atoms with Gasteiger partial charge in [-0.25, -0.2) is 13.1 Å².